The zero-order valence-electron chi connectivity index (χ0n) is 12.2. The molecule has 1 amide bonds. The lowest BCUT2D eigenvalue weighted by Gasteiger charge is -2.17. The number of halogens is 1. The van der Waals surface area contributed by atoms with Gasteiger partial charge >= 0.3 is 0 Å². The lowest BCUT2D eigenvalue weighted by atomic mass is 10.1. The summed E-state index contributed by atoms with van der Waals surface area (Å²) < 4.78 is 0. The highest BCUT2D eigenvalue weighted by Gasteiger charge is 2.11. The van der Waals surface area contributed by atoms with Gasteiger partial charge in [-0.25, -0.2) is 4.98 Å². The molecule has 1 atom stereocenters. The van der Waals surface area contributed by atoms with Gasteiger partial charge < -0.3 is 15.7 Å². The van der Waals surface area contributed by atoms with Gasteiger partial charge in [0.2, 0.25) is 0 Å². The summed E-state index contributed by atoms with van der Waals surface area (Å²) in [6.07, 6.45) is 1.64. The summed E-state index contributed by atoms with van der Waals surface area (Å²) in [6.45, 7) is 2.12. The second-order valence-corrected chi connectivity index (χ2v) is 5.17. The smallest absolute Gasteiger partial charge is 0.251 e. The first-order valence-electron chi connectivity index (χ1n) is 6.98. The van der Waals surface area contributed by atoms with Crippen molar-refractivity contribution in [3.05, 3.63) is 58.9 Å². The van der Waals surface area contributed by atoms with Gasteiger partial charge in [0, 0.05) is 29.6 Å². The average molecular weight is 320 g/mol. The topological polar surface area (TPSA) is 74.2 Å². The van der Waals surface area contributed by atoms with Crippen LogP contribution in [0.1, 0.15) is 28.9 Å². The lowest BCUT2D eigenvalue weighted by Crippen LogP contribution is -2.26. The summed E-state index contributed by atoms with van der Waals surface area (Å²) in [5.41, 5.74) is 2.23. The number of hydrogen-bond donors (Lipinski definition) is 3. The number of nitrogens with one attached hydrogen (secondary N) is 2. The molecule has 5 nitrogen and oxygen atoms in total. The zero-order valence-corrected chi connectivity index (χ0v) is 13.0. The summed E-state index contributed by atoms with van der Waals surface area (Å²) >= 11 is 6.09. The van der Waals surface area contributed by atoms with Crippen molar-refractivity contribution in [3.8, 4) is 0 Å². The van der Waals surface area contributed by atoms with E-state index in [9.17, 15) is 4.79 Å². The number of benzene rings is 1. The number of amides is 1. The highest BCUT2D eigenvalue weighted by molar-refractivity contribution is 6.30. The van der Waals surface area contributed by atoms with Crippen molar-refractivity contribution < 1.29 is 9.90 Å². The van der Waals surface area contributed by atoms with Crippen molar-refractivity contribution in [3.63, 3.8) is 0 Å². The minimum Gasteiger partial charge on any atom is -0.395 e. The molecule has 0 aliphatic heterocycles. The van der Waals surface area contributed by atoms with E-state index in [2.05, 4.69) is 15.6 Å². The summed E-state index contributed by atoms with van der Waals surface area (Å²) in [4.78, 5) is 15.9. The minimum atomic E-state index is -0.218. The second-order valence-electron chi connectivity index (χ2n) is 4.81. The lowest BCUT2D eigenvalue weighted by molar-refractivity contribution is 0.0945. The average Bonchev–Trinajstić information content (AvgIpc) is 2.53. The van der Waals surface area contributed by atoms with Crippen molar-refractivity contribution in [2.24, 2.45) is 0 Å². The molecule has 0 saturated heterocycles. The monoisotopic (exact) mass is 319 g/mol. The Morgan fingerprint density at radius 2 is 2.18 bits per heavy atom. The molecule has 0 fully saturated rings. The van der Waals surface area contributed by atoms with Crippen molar-refractivity contribution in [2.45, 2.75) is 13.0 Å². The van der Waals surface area contributed by atoms with E-state index in [0.29, 0.717) is 10.7 Å². The number of carbonyl (C=O) groups is 1. The number of pyridine rings is 1. The molecule has 1 aromatic heterocycles. The van der Waals surface area contributed by atoms with E-state index in [1.54, 1.807) is 24.4 Å². The van der Waals surface area contributed by atoms with E-state index in [0.717, 1.165) is 11.3 Å². The Morgan fingerprint density at radius 1 is 1.36 bits per heavy atom. The predicted octanol–water partition coefficient (Wildman–Crippen LogP) is 2.63. The molecule has 0 aliphatic rings. The van der Waals surface area contributed by atoms with Crippen molar-refractivity contribution in [1.82, 2.24) is 10.3 Å². The Kier molecular flexibility index (Phi) is 5.75. The SMILES string of the molecule is CC(Nc1cccc(C(=O)NCCO)c1)c1cccnc1Cl. The maximum atomic E-state index is 11.9. The van der Waals surface area contributed by atoms with E-state index >= 15 is 0 Å². The molecule has 1 unspecified atom stereocenters. The van der Waals surface area contributed by atoms with Crippen LogP contribution in [0.4, 0.5) is 5.69 Å². The van der Waals surface area contributed by atoms with Gasteiger partial charge in [0.1, 0.15) is 5.15 Å². The van der Waals surface area contributed by atoms with E-state index in [-0.39, 0.29) is 25.1 Å². The third-order valence-electron chi connectivity index (χ3n) is 3.16. The fourth-order valence-corrected chi connectivity index (χ4v) is 2.35. The maximum absolute atomic E-state index is 11.9. The van der Waals surface area contributed by atoms with Crippen LogP contribution in [0.3, 0.4) is 0 Å². The number of nitrogens with zero attached hydrogens (tertiary/aromatic N) is 1. The van der Waals surface area contributed by atoms with Crippen LogP contribution >= 0.6 is 11.6 Å². The van der Waals surface area contributed by atoms with Gasteiger partial charge in [-0.3, -0.25) is 4.79 Å². The molecule has 6 heteroatoms. The van der Waals surface area contributed by atoms with Gasteiger partial charge in [0.25, 0.3) is 5.91 Å². The Bertz CT molecular complexity index is 649. The first kappa shape index (κ1) is 16.3. The minimum absolute atomic E-state index is 0.0445. The third kappa shape index (κ3) is 4.19. The fourth-order valence-electron chi connectivity index (χ4n) is 2.07. The van der Waals surface area contributed by atoms with Gasteiger partial charge in [-0.2, -0.15) is 0 Å². The van der Waals surface area contributed by atoms with Gasteiger partial charge in [0.15, 0.2) is 0 Å². The van der Waals surface area contributed by atoms with Crippen LogP contribution in [0, 0.1) is 0 Å². The van der Waals surface area contributed by atoms with Crippen LogP contribution in [0.2, 0.25) is 5.15 Å². The number of anilines is 1. The number of aliphatic hydroxyl groups excluding tert-OH is 1. The molecule has 1 heterocycles. The molecule has 0 bridgehead atoms. The van der Waals surface area contributed by atoms with Crippen LogP contribution in [-0.4, -0.2) is 29.1 Å². The first-order valence-corrected chi connectivity index (χ1v) is 7.35. The summed E-state index contributed by atoms with van der Waals surface area (Å²) in [7, 11) is 0. The first-order chi connectivity index (χ1) is 10.6. The summed E-state index contributed by atoms with van der Waals surface area (Å²) in [5, 5.41) is 15.1. The summed E-state index contributed by atoms with van der Waals surface area (Å²) in [5.74, 6) is -0.218. The molecule has 116 valence electrons. The molecule has 22 heavy (non-hydrogen) atoms. The zero-order chi connectivity index (χ0) is 15.9. The van der Waals surface area contributed by atoms with Crippen molar-refractivity contribution in [1.29, 1.82) is 0 Å². The Hall–Kier alpha value is -2.11. The molecular weight excluding hydrogens is 302 g/mol. The normalized spacial score (nSPS) is 11.8. The van der Waals surface area contributed by atoms with Crippen molar-refractivity contribution >= 4 is 23.2 Å². The van der Waals surface area contributed by atoms with Crippen LogP contribution in [0.25, 0.3) is 0 Å². The van der Waals surface area contributed by atoms with Gasteiger partial charge in [-0.05, 0) is 31.2 Å². The predicted molar refractivity (Wildman–Crippen MR) is 87.1 cm³/mol. The Labute approximate surface area is 134 Å². The molecule has 2 rings (SSSR count). The van der Waals surface area contributed by atoms with Crippen LogP contribution in [0.5, 0.6) is 0 Å². The van der Waals surface area contributed by atoms with E-state index in [1.807, 2.05) is 25.1 Å². The number of hydrogen-bond acceptors (Lipinski definition) is 4. The maximum Gasteiger partial charge on any atom is 0.251 e. The largest absolute Gasteiger partial charge is 0.395 e. The van der Waals surface area contributed by atoms with E-state index in [4.69, 9.17) is 16.7 Å². The van der Waals surface area contributed by atoms with Crippen LogP contribution in [-0.2, 0) is 0 Å². The van der Waals surface area contributed by atoms with Crippen LogP contribution in [0.15, 0.2) is 42.6 Å². The molecule has 0 spiro atoms. The second kappa shape index (κ2) is 7.77. The molecule has 0 aliphatic carbocycles. The highest BCUT2D eigenvalue weighted by Crippen LogP contribution is 2.24. The van der Waals surface area contributed by atoms with Crippen LogP contribution < -0.4 is 10.6 Å². The van der Waals surface area contributed by atoms with E-state index < -0.39 is 0 Å². The molecular formula is C16H18ClN3O2. The summed E-state index contributed by atoms with van der Waals surface area (Å²) in [6, 6.07) is 10.9. The van der Waals surface area contributed by atoms with Crippen molar-refractivity contribution in [2.75, 3.05) is 18.5 Å². The standard InChI is InChI=1S/C16H18ClN3O2/c1-11(14-6-3-7-18-15(14)17)20-13-5-2-4-12(10-13)16(22)19-8-9-21/h2-7,10-11,20-21H,8-9H2,1H3,(H,19,22). The number of carbonyl (C=O) groups excluding carboxylic acids is 1. The van der Waals surface area contributed by atoms with Gasteiger partial charge in [0.05, 0.1) is 12.6 Å². The molecule has 3 N–H and O–H groups in total. The van der Waals surface area contributed by atoms with E-state index in [1.165, 1.54) is 0 Å². The molecule has 0 saturated carbocycles. The fraction of sp³-hybridized carbons (Fsp3) is 0.250. The van der Waals surface area contributed by atoms with Gasteiger partial charge in [-0.15, -0.1) is 0 Å². The Morgan fingerprint density at radius 3 is 2.91 bits per heavy atom. The highest BCUT2D eigenvalue weighted by atomic mass is 35.5. The number of aromatic nitrogens is 1. The molecule has 1 aromatic carbocycles. The number of rotatable bonds is 6. The third-order valence-corrected chi connectivity index (χ3v) is 3.48. The van der Waals surface area contributed by atoms with Gasteiger partial charge in [-0.1, -0.05) is 23.7 Å². The Balaban J connectivity index is 2.10. The molecule has 0 radical (unpaired) electrons. The molecule has 2 aromatic rings. The number of aliphatic hydroxyl groups is 1. The quantitative estimate of drug-likeness (QED) is 0.716.